The predicted molar refractivity (Wildman–Crippen MR) is 157 cm³/mol. The summed E-state index contributed by atoms with van der Waals surface area (Å²) in [4.78, 5) is 30.1. The van der Waals surface area contributed by atoms with Crippen LogP contribution in [0.2, 0.25) is 0 Å². The Bertz CT molecular complexity index is 1450. The van der Waals surface area contributed by atoms with Crippen LogP contribution in [-0.4, -0.2) is 88.9 Å². The van der Waals surface area contributed by atoms with Crippen molar-refractivity contribution < 1.29 is 14.6 Å². The molecule has 2 atom stereocenters. The number of benzene rings is 2. The lowest BCUT2D eigenvalue weighted by Gasteiger charge is -2.41. The van der Waals surface area contributed by atoms with E-state index in [2.05, 4.69) is 70.2 Å². The molecule has 3 aliphatic rings. The van der Waals surface area contributed by atoms with E-state index in [0.717, 1.165) is 49.6 Å². The van der Waals surface area contributed by atoms with Crippen LogP contribution in [-0.2, 0) is 13.0 Å². The number of ether oxygens (including phenoxy) is 1. The molecule has 6 rings (SSSR count). The van der Waals surface area contributed by atoms with E-state index in [4.69, 9.17) is 14.7 Å². The molecule has 1 aromatic heterocycles. The van der Waals surface area contributed by atoms with Crippen molar-refractivity contribution in [3.8, 4) is 12.1 Å². The summed E-state index contributed by atoms with van der Waals surface area (Å²) in [6.07, 6.45) is 2.20. The van der Waals surface area contributed by atoms with Gasteiger partial charge in [-0.15, -0.1) is 0 Å². The monoisotopic (exact) mass is 555 g/mol. The van der Waals surface area contributed by atoms with E-state index < -0.39 is 12.1 Å². The first-order valence-electron chi connectivity index (χ1n) is 14.7. The summed E-state index contributed by atoms with van der Waals surface area (Å²) >= 11 is 0. The zero-order valence-electron chi connectivity index (χ0n) is 23.6. The van der Waals surface area contributed by atoms with Crippen LogP contribution >= 0.6 is 0 Å². The molecule has 10 nitrogen and oxygen atoms in total. The van der Waals surface area contributed by atoms with Gasteiger partial charge in [0.05, 0.1) is 30.8 Å². The molecule has 0 spiro atoms. The summed E-state index contributed by atoms with van der Waals surface area (Å²) in [6.45, 7) is 7.53. The quantitative estimate of drug-likeness (QED) is 0.460. The number of likely N-dealkylation sites (N-methyl/N-ethyl adjacent to an activating group) is 1. The minimum Gasteiger partial charge on any atom is -0.465 e. The van der Waals surface area contributed by atoms with E-state index in [1.165, 1.54) is 27.8 Å². The molecule has 2 aromatic carbocycles. The lowest BCUT2D eigenvalue weighted by Crippen LogP contribution is -2.55. The molecule has 0 saturated carbocycles. The van der Waals surface area contributed by atoms with Crippen molar-refractivity contribution in [2.24, 2.45) is 0 Å². The van der Waals surface area contributed by atoms with E-state index >= 15 is 0 Å². The zero-order chi connectivity index (χ0) is 28.3. The number of hydrogen-bond donors (Lipinski definition) is 1. The Morgan fingerprint density at radius 3 is 2.76 bits per heavy atom. The number of likely N-dealkylation sites (tertiary alicyclic amines) is 1. The lowest BCUT2D eigenvalue weighted by molar-refractivity contribution is 0.119. The highest BCUT2D eigenvalue weighted by Gasteiger charge is 2.34. The molecule has 2 fully saturated rings. The fraction of sp³-hybridized carbons (Fsp3) is 0.484. The molecule has 3 aromatic rings. The predicted octanol–water partition coefficient (Wildman–Crippen LogP) is 4.14. The van der Waals surface area contributed by atoms with Crippen molar-refractivity contribution in [2.45, 2.75) is 51.2 Å². The smallest absolute Gasteiger partial charge is 0.407 e. The Morgan fingerprint density at radius 1 is 1.07 bits per heavy atom. The highest BCUT2D eigenvalue weighted by Crippen LogP contribution is 2.35. The van der Waals surface area contributed by atoms with E-state index in [0.29, 0.717) is 44.8 Å². The van der Waals surface area contributed by atoms with Crippen LogP contribution in [0.3, 0.4) is 0 Å². The number of amides is 1. The Labute approximate surface area is 240 Å². The van der Waals surface area contributed by atoms with Crippen LogP contribution < -0.4 is 14.5 Å². The summed E-state index contributed by atoms with van der Waals surface area (Å²) in [6, 6.07) is 17.3. The summed E-state index contributed by atoms with van der Waals surface area (Å²) in [5.41, 5.74) is 3.22. The second-order valence-electron chi connectivity index (χ2n) is 11.1. The number of piperazine rings is 1. The van der Waals surface area contributed by atoms with E-state index in [-0.39, 0.29) is 6.42 Å². The van der Waals surface area contributed by atoms with Crippen molar-refractivity contribution in [3.63, 3.8) is 0 Å². The summed E-state index contributed by atoms with van der Waals surface area (Å²) in [7, 11) is 0. The SMILES string of the molecule is CCN1CCC[C@@H]1COc1nc2c(c(N3CCN(C(=O)O)[C@@H](CC#N)C3)n1)CCN(c1cccc3ccccc13)C2. The van der Waals surface area contributed by atoms with Gasteiger partial charge in [0.25, 0.3) is 0 Å². The molecule has 0 radical (unpaired) electrons. The Balaban J connectivity index is 1.32. The Hall–Kier alpha value is -4.10. The number of anilines is 2. The average Bonchev–Trinajstić information content (AvgIpc) is 3.47. The molecule has 41 heavy (non-hydrogen) atoms. The topological polar surface area (TPSA) is 109 Å². The molecule has 0 bridgehead atoms. The van der Waals surface area contributed by atoms with Crippen LogP contribution in [0.15, 0.2) is 42.5 Å². The molecule has 4 heterocycles. The Kier molecular flexibility index (Phi) is 7.79. The fourth-order valence-electron chi connectivity index (χ4n) is 6.65. The third kappa shape index (κ3) is 5.46. The van der Waals surface area contributed by atoms with Gasteiger partial charge in [-0.05, 0) is 43.8 Å². The van der Waals surface area contributed by atoms with Gasteiger partial charge >= 0.3 is 12.1 Å². The van der Waals surface area contributed by atoms with Crippen LogP contribution in [0.5, 0.6) is 6.01 Å². The number of nitrogens with zero attached hydrogens (tertiary/aromatic N) is 7. The van der Waals surface area contributed by atoms with Crippen LogP contribution in [0, 0.1) is 11.3 Å². The van der Waals surface area contributed by atoms with Gasteiger partial charge in [0.15, 0.2) is 0 Å². The van der Waals surface area contributed by atoms with Gasteiger partial charge in [0.1, 0.15) is 12.4 Å². The maximum atomic E-state index is 11.8. The van der Waals surface area contributed by atoms with Gasteiger partial charge in [-0.3, -0.25) is 4.90 Å². The van der Waals surface area contributed by atoms with Crippen molar-refractivity contribution >= 4 is 28.4 Å². The minimum atomic E-state index is -0.985. The largest absolute Gasteiger partial charge is 0.465 e. The van der Waals surface area contributed by atoms with Gasteiger partial charge in [-0.1, -0.05) is 43.3 Å². The Morgan fingerprint density at radius 2 is 1.93 bits per heavy atom. The lowest BCUT2D eigenvalue weighted by atomic mass is 10.0. The van der Waals surface area contributed by atoms with Gasteiger partial charge in [0.2, 0.25) is 0 Å². The van der Waals surface area contributed by atoms with Gasteiger partial charge in [0, 0.05) is 48.9 Å². The van der Waals surface area contributed by atoms with Crippen molar-refractivity contribution in [2.75, 3.05) is 55.7 Å². The molecule has 3 aliphatic heterocycles. The number of hydrogen-bond acceptors (Lipinski definition) is 8. The number of carboxylic acid groups (broad SMARTS) is 1. The van der Waals surface area contributed by atoms with Crippen molar-refractivity contribution in [3.05, 3.63) is 53.7 Å². The summed E-state index contributed by atoms with van der Waals surface area (Å²) in [5, 5.41) is 21.5. The third-order valence-electron chi connectivity index (χ3n) is 8.80. The molecule has 214 valence electrons. The fourth-order valence-corrected chi connectivity index (χ4v) is 6.65. The zero-order valence-corrected chi connectivity index (χ0v) is 23.6. The van der Waals surface area contributed by atoms with Crippen molar-refractivity contribution in [1.29, 1.82) is 5.26 Å². The van der Waals surface area contributed by atoms with Crippen molar-refractivity contribution in [1.82, 2.24) is 19.8 Å². The number of nitriles is 1. The van der Waals surface area contributed by atoms with Crippen LogP contribution in [0.25, 0.3) is 10.8 Å². The first-order chi connectivity index (χ1) is 20.1. The first-order valence-corrected chi connectivity index (χ1v) is 14.7. The minimum absolute atomic E-state index is 0.142. The van der Waals surface area contributed by atoms with Crippen LogP contribution in [0.4, 0.5) is 16.3 Å². The third-order valence-corrected chi connectivity index (χ3v) is 8.80. The molecule has 10 heteroatoms. The molecular weight excluding hydrogens is 518 g/mol. The van der Waals surface area contributed by atoms with Crippen LogP contribution in [0.1, 0.15) is 37.4 Å². The first kappa shape index (κ1) is 27.1. The molecular formula is C31H37N7O3. The molecule has 0 unspecified atom stereocenters. The molecule has 1 N–H and O–H groups in total. The highest BCUT2D eigenvalue weighted by atomic mass is 16.5. The average molecular weight is 556 g/mol. The maximum Gasteiger partial charge on any atom is 0.407 e. The maximum absolute atomic E-state index is 11.8. The van der Waals surface area contributed by atoms with E-state index in [1.807, 2.05) is 0 Å². The van der Waals surface area contributed by atoms with Gasteiger partial charge < -0.3 is 24.5 Å². The van der Waals surface area contributed by atoms with Gasteiger partial charge in [-0.25, -0.2) is 4.79 Å². The highest BCUT2D eigenvalue weighted by molar-refractivity contribution is 5.94. The number of rotatable bonds is 7. The number of fused-ring (bicyclic) bond motifs is 2. The van der Waals surface area contributed by atoms with E-state index in [9.17, 15) is 15.2 Å². The standard InChI is InChI=1S/C31H37N7O3/c1-2-35-15-6-9-24(35)21-41-30-33-27-20-36(28-11-5-8-22-7-3-4-10-25(22)28)16-13-26(27)29(34-30)37-17-18-38(31(39)40)23(19-37)12-14-32/h3-5,7-8,10-11,23-24H,2,6,9,12-13,15-21H2,1H3,(H,39,40)/t23-,24+/m0/s1. The number of carbonyl (C=O) groups is 1. The molecule has 1 amide bonds. The molecule has 0 aliphatic carbocycles. The normalized spacial score (nSPS) is 21.1. The summed E-state index contributed by atoms with van der Waals surface area (Å²) in [5.74, 6) is 0.814. The van der Waals surface area contributed by atoms with E-state index in [1.54, 1.807) is 0 Å². The number of aromatic nitrogens is 2. The molecule has 2 saturated heterocycles. The summed E-state index contributed by atoms with van der Waals surface area (Å²) < 4.78 is 6.30. The second-order valence-corrected chi connectivity index (χ2v) is 11.1. The second kappa shape index (κ2) is 11.8. The van der Waals surface area contributed by atoms with Gasteiger partial charge in [-0.2, -0.15) is 15.2 Å².